The predicted octanol–water partition coefficient (Wildman–Crippen LogP) is 3.43. The number of rotatable bonds is 2. The summed E-state index contributed by atoms with van der Waals surface area (Å²) in [6, 6.07) is 9.76. The third-order valence-corrected chi connectivity index (χ3v) is 3.01. The molecule has 0 atom stereocenters. The van der Waals surface area contributed by atoms with Gasteiger partial charge in [0.05, 0.1) is 5.56 Å². The van der Waals surface area contributed by atoms with Crippen molar-refractivity contribution in [2.24, 2.45) is 0 Å². The number of halogens is 1. The summed E-state index contributed by atoms with van der Waals surface area (Å²) >= 11 is 0. The number of aryl methyl sites for hydroxylation is 1. The summed E-state index contributed by atoms with van der Waals surface area (Å²) < 4.78 is 18.4. The van der Waals surface area contributed by atoms with E-state index in [2.05, 4.69) is 10.1 Å². The molecule has 0 aliphatic heterocycles. The van der Waals surface area contributed by atoms with Crippen LogP contribution in [0.1, 0.15) is 5.69 Å². The number of benzene rings is 1. The summed E-state index contributed by atoms with van der Waals surface area (Å²) in [5.74, 6) is 0.533. The summed E-state index contributed by atoms with van der Waals surface area (Å²) in [6.07, 6.45) is 1.69. The zero-order valence-electron chi connectivity index (χ0n) is 10.8. The van der Waals surface area contributed by atoms with E-state index in [9.17, 15) is 4.39 Å². The van der Waals surface area contributed by atoms with Crippen LogP contribution in [0.5, 0.6) is 0 Å². The number of anilines is 1. The lowest BCUT2D eigenvalue weighted by Crippen LogP contribution is -1.89. The predicted molar refractivity (Wildman–Crippen MR) is 74.3 cm³/mol. The molecule has 1 aromatic carbocycles. The summed E-state index contributed by atoms with van der Waals surface area (Å²) in [5, 5.41) is 3.81. The first kappa shape index (κ1) is 12.3. The molecule has 0 saturated carbocycles. The summed E-state index contributed by atoms with van der Waals surface area (Å²) in [7, 11) is 0. The molecule has 5 heteroatoms. The Morgan fingerprint density at radius 1 is 1.10 bits per heavy atom. The topological polar surface area (TPSA) is 64.9 Å². The number of pyridine rings is 1. The van der Waals surface area contributed by atoms with Crippen molar-refractivity contribution in [2.75, 3.05) is 5.73 Å². The molecule has 2 N–H and O–H groups in total. The van der Waals surface area contributed by atoms with Crippen molar-refractivity contribution in [1.82, 2.24) is 10.1 Å². The summed E-state index contributed by atoms with van der Waals surface area (Å²) in [6.45, 7) is 1.89. The molecule has 3 aromatic rings. The highest BCUT2D eigenvalue weighted by molar-refractivity contribution is 5.86. The molecular formula is C15H12FN3O. The summed E-state index contributed by atoms with van der Waals surface area (Å²) in [4.78, 5) is 4.14. The second-order valence-corrected chi connectivity index (χ2v) is 4.46. The van der Waals surface area contributed by atoms with Crippen molar-refractivity contribution in [3.8, 4) is 22.5 Å². The number of aromatic nitrogens is 2. The molecule has 0 amide bonds. The largest absolute Gasteiger partial charge is 0.380 e. The van der Waals surface area contributed by atoms with Gasteiger partial charge in [-0.05, 0) is 36.8 Å². The lowest BCUT2D eigenvalue weighted by molar-refractivity contribution is 0.436. The first-order chi connectivity index (χ1) is 9.65. The minimum Gasteiger partial charge on any atom is -0.380 e. The van der Waals surface area contributed by atoms with Crippen molar-refractivity contribution in [3.63, 3.8) is 0 Å². The van der Waals surface area contributed by atoms with Gasteiger partial charge in [-0.3, -0.25) is 4.98 Å². The van der Waals surface area contributed by atoms with Gasteiger partial charge in [0.1, 0.15) is 5.82 Å². The molecule has 2 aromatic heterocycles. The van der Waals surface area contributed by atoms with Crippen LogP contribution >= 0.6 is 0 Å². The van der Waals surface area contributed by atoms with Crippen LogP contribution in [0, 0.1) is 12.7 Å². The van der Waals surface area contributed by atoms with E-state index >= 15 is 0 Å². The van der Waals surface area contributed by atoms with Gasteiger partial charge >= 0.3 is 0 Å². The smallest absolute Gasteiger partial charge is 0.177 e. The van der Waals surface area contributed by atoms with Crippen molar-refractivity contribution in [1.29, 1.82) is 0 Å². The highest BCUT2D eigenvalue weighted by Gasteiger charge is 2.17. The molecule has 0 saturated heterocycles. The van der Waals surface area contributed by atoms with Gasteiger partial charge in [-0.25, -0.2) is 4.39 Å². The van der Waals surface area contributed by atoms with E-state index in [1.165, 1.54) is 12.1 Å². The van der Waals surface area contributed by atoms with Gasteiger partial charge in [0.2, 0.25) is 0 Å². The second kappa shape index (κ2) is 4.77. The number of nitrogens with zero attached hydrogens (tertiary/aromatic N) is 2. The fourth-order valence-corrected chi connectivity index (χ4v) is 2.08. The van der Waals surface area contributed by atoms with Crippen LogP contribution in [0.2, 0.25) is 0 Å². The maximum Gasteiger partial charge on any atom is 0.177 e. The van der Waals surface area contributed by atoms with Crippen molar-refractivity contribution in [3.05, 3.63) is 54.1 Å². The van der Waals surface area contributed by atoms with Crippen molar-refractivity contribution >= 4 is 5.82 Å². The average molecular weight is 269 g/mol. The molecule has 2 heterocycles. The molecule has 20 heavy (non-hydrogen) atoms. The van der Waals surface area contributed by atoms with E-state index in [0.717, 1.165) is 16.8 Å². The average Bonchev–Trinajstić information content (AvgIpc) is 2.82. The van der Waals surface area contributed by atoms with Crippen LogP contribution in [0.15, 0.2) is 47.1 Å². The highest BCUT2D eigenvalue weighted by Crippen LogP contribution is 2.36. The fraction of sp³-hybridized carbons (Fsp3) is 0.0667. The second-order valence-electron chi connectivity index (χ2n) is 4.46. The third kappa shape index (κ3) is 2.14. The lowest BCUT2D eigenvalue weighted by Gasteiger charge is -2.03. The molecule has 4 nitrogen and oxygen atoms in total. The monoisotopic (exact) mass is 269 g/mol. The Balaban J connectivity index is 2.17. The summed E-state index contributed by atoms with van der Waals surface area (Å²) in [5.41, 5.74) is 8.99. The first-order valence-corrected chi connectivity index (χ1v) is 6.09. The van der Waals surface area contributed by atoms with Crippen LogP contribution in [-0.2, 0) is 0 Å². The van der Waals surface area contributed by atoms with Crippen LogP contribution in [0.3, 0.4) is 0 Å². The normalized spacial score (nSPS) is 10.7. The molecule has 0 unspecified atom stereocenters. The molecule has 100 valence electrons. The zero-order valence-corrected chi connectivity index (χ0v) is 10.8. The van der Waals surface area contributed by atoms with Crippen molar-refractivity contribution in [2.45, 2.75) is 6.92 Å². The Hall–Kier alpha value is -2.69. The number of hydrogen-bond acceptors (Lipinski definition) is 4. The quantitative estimate of drug-likeness (QED) is 0.774. The Bertz CT molecular complexity index is 750. The Kier molecular flexibility index (Phi) is 2.95. The SMILES string of the molecule is Cc1cc(-c2onc(N)c2-c2ccc(F)cc2)ccn1. The molecule has 0 radical (unpaired) electrons. The molecule has 0 aliphatic rings. The van der Waals surface area contributed by atoms with Crippen LogP contribution in [0.25, 0.3) is 22.5 Å². The lowest BCUT2D eigenvalue weighted by atomic mass is 10.0. The van der Waals surface area contributed by atoms with E-state index in [1.54, 1.807) is 18.3 Å². The molecular weight excluding hydrogens is 257 g/mol. The molecule has 0 aliphatic carbocycles. The maximum atomic E-state index is 13.0. The maximum absolute atomic E-state index is 13.0. The van der Waals surface area contributed by atoms with Crippen molar-refractivity contribution < 1.29 is 8.91 Å². The van der Waals surface area contributed by atoms with Gasteiger partial charge in [0, 0.05) is 17.5 Å². The van der Waals surface area contributed by atoms with Gasteiger partial charge in [-0.15, -0.1) is 0 Å². The Labute approximate surface area is 115 Å². The standard InChI is InChI=1S/C15H12FN3O/c1-9-8-11(6-7-18-9)14-13(15(17)19-20-14)10-2-4-12(16)5-3-10/h2-8H,1H3,(H2,17,19). The highest BCUT2D eigenvalue weighted by atomic mass is 19.1. The first-order valence-electron chi connectivity index (χ1n) is 6.09. The Morgan fingerprint density at radius 2 is 1.85 bits per heavy atom. The van der Waals surface area contributed by atoms with E-state index in [-0.39, 0.29) is 11.6 Å². The third-order valence-electron chi connectivity index (χ3n) is 3.01. The fourth-order valence-electron chi connectivity index (χ4n) is 2.08. The van der Waals surface area contributed by atoms with E-state index in [1.807, 2.05) is 19.1 Å². The van der Waals surface area contributed by atoms with E-state index in [4.69, 9.17) is 10.3 Å². The minimum atomic E-state index is -0.301. The van der Waals surface area contributed by atoms with Crippen LogP contribution in [0.4, 0.5) is 10.2 Å². The van der Waals surface area contributed by atoms with Crippen LogP contribution in [-0.4, -0.2) is 10.1 Å². The van der Waals surface area contributed by atoms with E-state index < -0.39 is 0 Å². The number of nitrogens with two attached hydrogens (primary N) is 1. The number of hydrogen-bond donors (Lipinski definition) is 1. The Morgan fingerprint density at radius 3 is 2.55 bits per heavy atom. The van der Waals surface area contributed by atoms with Gasteiger partial charge in [0.15, 0.2) is 11.6 Å². The molecule has 3 rings (SSSR count). The van der Waals surface area contributed by atoms with Gasteiger partial charge in [-0.2, -0.15) is 0 Å². The van der Waals surface area contributed by atoms with Gasteiger partial charge < -0.3 is 10.3 Å². The zero-order chi connectivity index (χ0) is 14.1. The molecule has 0 bridgehead atoms. The van der Waals surface area contributed by atoms with Gasteiger partial charge in [-0.1, -0.05) is 17.3 Å². The van der Waals surface area contributed by atoms with Crippen LogP contribution < -0.4 is 5.73 Å². The molecule has 0 fully saturated rings. The minimum absolute atomic E-state index is 0.279. The number of nitrogen functional groups attached to an aromatic ring is 1. The van der Waals surface area contributed by atoms with Gasteiger partial charge in [0.25, 0.3) is 0 Å². The molecule has 0 spiro atoms. The van der Waals surface area contributed by atoms with E-state index in [0.29, 0.717) is 11.3 Å².